The zero-order valence-corrected chi connectivity index (χ0v) is 13.4. The summed E-state index contributed by atoms with van der Waals surface area (Å²) in [6, 6.07) is 6.83. The minimum absolute atomic E-state index is 0.184. The number of aryl methyl sites for hydroxylation is 2. The first-order valence-corrected chi connectivity index (χ1v) is 8.64. The van der Waals surface area contributed by atoms with Crippen LogP contribution in [0, 0.1) is 5.82 Å². The summed E-state index contributed by atoms with van der Waals surface area (Å²) in [4.78, 5) is 2.62. The van der Waals surface area contributed by atoms with Crippen molar-refractivity contribution < 1.29 is 4.39 Å². The van der Waals surface area contributed by atoms with Crippen LogP contribution in [-0.2, 0) is 19.3 Å². The summed E-state index contributed by atoms with van der Waals surface area (Å²) in [6.07, 6.45) is 6.60. The third-order valence-corrected chi connectivity index (χ3v) is 5.84. The molecule has 4 heteroatoms. The molecule has 1 aliphatic carbocycles. The highest BCUT2D eigenvalue weighted by atomic mass is 35.5. The fourth-order valence-corrected chi connectivity index (χ4v) is 4.42. The second kappa shape index (κ2) is 6.47. The van der Waals surface area contributed by atoms with Gasteiger partial charge in [0.1, 0.15) is 5.82 Å². The monoisotopic (exact) mass is 323 g/mol. The van der Waals surface area contributed by atoms with E-state index in [0.717, 1.165) is 17.7 Å². The van der Waals surface area contributed by atoms with Crippen LogP contribution < -0.4 is 5.73 Å². The molecule has 0 saturated carbocycles. The van der Waals surface area contributed by atoms with Crippen LogP contribution in [0.5, 0.6) is 0 Å². The highest BCUT2D eigenvalue weighted by Crippen LogP contribution is 2.33. The van der Waals surface area contributed by atoms with E-state index in [2.05, 4.69) is 6.07 Å². The predicted octanol–water partition coefficient (Wildman–Crippen LogP) is 5.05. The highest BCUT2D eigenvalue weighted by molar-refractivity contribution is 7.12. The summed E-state index contributed by atoms with van der Waals surface area (Å²) < 4.78 is 13.9. The molecular formula is C17H19ClFNS. The minimum Gasteiger partial charge on any atom is -0.323 e. The largest absolute Gasteiger partial charge is 0.323 e. The molecule has 0 fully saturated rings. The fraction of sp³-hybridized carbons (Fsp3) is 0.412. The van der Waals surface area contributed by atoms with E-state index >= 15 is 0 Å². The molecule has 2 N–H and O–H groups in total. The number of halogens is 2. The number of nitrogens with two attached hydrogens (primary N) is 1. The lowest BCUT2D eigenvalue weighted by Crippen LogP contribution is -2.13. The van der Waals surface area contributed by atoms with Gasteiger partial charge in [-0.3, -0.25) is 0 Å². The first kappa shape index (κ1) is 15.0. The van der Waals surface area contributed by atoms with Crippen LogP contribution in [0.3, 0.4) is 0 Å². The van der Waals surface area contributed by atoms with E-state index in [-0.39, 0.29) is 11.9 Å². The van der Waals surface area contributed by atoms with Gasteiger partial charge in [-0.25, -0.2) is 4.39 Å². The first-order valence-electron chi connectivity index (χ1n) is 7.45. The first-order chi connectivity index (χ1) is 10.1. The zero-order valence-electron chi connectivity index (χ0n) is 11.9. The molecule has 1 atom stereocenters. The summed E-state index contributed by atoms with van der Waals surface area (Å²) >= 11 is 7.89. The molecule has 0 saturated heterocycles. The summed E-state index contributed by atoms with van der Waals surface area (Å²) in [7, 11) is 0. The van der Waals surface area contributed by atoms with Crippen molar-refractivity contribution in [2.24, 2.45) is 5.73 Å². The van der Waals surface area contributed by atoms with Gasteiger partial charge < -0.3 is 5.73 Å². The van der Waals surface area contributed by atoms with Gasteiger partial charge in [0.25, 0.3) is 0 Å². The third kappa shape index (κ3) is 3.31. The van der Waals surface area contributed by atoms with Gasteiger partial charge in [0.15, 0.2) is 0 Å². The summed E-state index contributed by atoms with van der Waals surface area (Å²) in [5.74, 6) is -0.268. The zero-order chi connectivity index (χ0) is 14.8. The number of fused-ring (bicyclic) bond motifs is 1. The van der Waals surface area contributed by atoms with Crippen molar-refractivity contribution in [2.45, 2.75) is 44.6 Å². The van der Waals surface area contributed by atoms with Crippen molar-refractivity contribution in [1.82, 2.24) is 0 Å². The Bertz CT molecular complexity index is 594. The summed E-state index contributed by atoms with van der Waals surface area (Å²) in [5.41, 5.74) is 8.27. The van der Waals surface area contributed by atoms with E-state index in [1.165, 1.54) is 35.8 Å². The third-order valence-electron chi connectivity index (χ3n) is 4.12. The average molecular weight is 324 g/mol. The van der Waals surface area contributed by atoms with Crippen LogP contribution in [0.15, 0.2) is 24.3 Å². The molecule has 112 valence electrons. The molecule has 1 heterocycles. The van der Waals surface area contributed by atoms with Gasteiger partial charge in [0.05, 0.1) is 0 Å². The van der Waals surface area contributed by atoms with E-state index in [1.54, 1.807) is 23.5 Å². The van der Waals surface area contributed by atoms with Gasteiger partial charge >= 0.3 is 0 Å². The Kier molecular flexibility index (Phi) is 4.63. The van der Waals surface area contributed by atoms with Gasteiger partial charge in [-0.05, 0) is 55.9 Å². The summed E-state index contributed by atoms with van der Waals surface area (Å²) in [5, 5.41) is 0.462. The number of hydrogen-bond acceptors (Lipinski definition) is 2. The molecule has 0 radical (unpaired) electrons. The number of hydrogen-bond donors (Lipinski definition) is 1. The molecule has 0 bridgehead atoms. The Morgan fingerprint density at radius 1 is 1.24 bits per heavy atom. The van der Waals surface area contributed by atoms with Crippen molar-refractivity contribution in [3.05, 3.63) is 56.0 Å². The maximum absolute atomic E-state index is 13.9. The Labute approximate surface area is 133 Å². The normalized spacial score (nSPS) is 16.3. The van der Waals surface area contributed by atoms with Crippen LogP contribution in [0.1, 0.15) is 46.2 Å². The van der Waals surface area contributed by atoms with E-state index in [4.69, 9.17) is 17.3 Å². The van der Waals surface area contributed by atoms with Crippen LogP contribution in [0.25, 0.3) is 0 Å². The van der Waals surface area contributed by atoms with E-state index in [1.807, 2.05) is 0 Å². The second-order valence-electron chi connectivity index (χ2n) is 5.67. The lowest BCUT2D eigenvalue weighted by Gasteiger charge is -2.12. The van der Waals surface area contributed by atoms with Gasteiger partial charge in [0, 0.05) is 26.4 Å². The predicted molar refractivity (Wildman–Crippen MR) is 87.6 cm³/mol. The molecule has 1 nitrogen and oxygen atoms in total. The Balaban J connectivity index is 1.81. The van der Waals surface area contributed by atoms with Crippen molar-refractivity contribution in [2.75, 3.05) is 0 Å². The van der Waals surface area contributed by atoms with Crippen molar-refractivity contribution in [3.8, 4) is 0 Å². The van der Waals surface area contributed by atoms with E-state index < -0.39 is 0 Å². The van der Waals surface area contributed by atoms with Gasteiger partial charge in [-0.15, -0.1) is 11.3 Å². The van der Waals surface area contributed by atoms with Crippen LogP contribution in [-0.4, -0.2) is 0 Å². The second-order valence-corrected chi connectivity index (χ2v) is 7.24. The number of benzene rings is 1. The molecule has 0 amide bonds. The van der Waals surface area contributed by atoms with Crippen molar-refractivity contribution in [3.63, 3.8) is 0 Å². The van der Waals surface area contributed by atoms with Gasteiger partial charge in [-0.2, -0.15) is 0 Å². The van der Waals surface area contributed by atoms with Gasteiger partial charge in [0.2, 0.25) is 0 Å². The molecule has 0 spiro atoms. The minimum atomic E-state index is -0.268. The van der Waals surface area contributed by atoms with E-state index in [0.29, 0.717) is 17.0 Å². The SMILES string of the molecule is NC(Cc1c(F)cccc1Cl)c1cc2c(s1)CCCCC2. The van der Waals surface area contributed by atoms with Crippen LogP contribution in [0.2, 0.25) is 5.02 Å². The van der Waals surface area contributed by atoms with Crippen molar-refractivity contribution >= 4 is 22.9 Å². The Morgan fingerprint density at radius 3 is 2.86 bits per heavy atom. The Morgan fingerprint density at radius 2 is 2.05 bits per heavy atom. The molecular weight excluding hydrogens is 305 g/mol. The highest BCUT2D eigenvalue weighted by Gasteiger charge is 2.18. The smallest absolute Gasteiger partial charge is 0.127 e. The average Bonchev–Trinajstić information content (AvgIpc) is 2.74. The quantitative estimate of drug-likeness (QED) is 0.786. The number of rotatable bonds is 3. The van der Waals surface area contributed by atoms with Gasteiger partial charge in [-0.1, -0.05) is 24.1 Å². The number of thiophene rings is 1. The fourth-order valence-electron chi connectivity index (χ4n) is 2.92. The molecule has 2 aromatic rings. The lowest BCUT2D eigenvalue weighted by atomic mass is 10.0. The molecule has 1 aromatic heterocycles. The molecule has 3 rings (SSSR count). The molecule has 1 aliphatic rings. The van der Waals surface area contributed by atoms with Crippen LogP contribution in [0.4, 0.5) is 4.39 Å². The lowest BCUT2D eigenvalue weighted by molar-refractivity contribution is 0.595. The molecule has 21 heavy (non-hydrogen) atoms. The standard InChI is InChI=1S/C17H19ClFNS/c18-13-6-4-7-14(19)12(13)10-15(20)17-9-11-5-2-1-3-8-16(11)21-17/h4,6-7,9,15H,1-3,5,8,10,20H2. The van der Waals surface area contributed by atoms with Crippen LogP contribution >= 0.6 is 22.9 Å². The maximum Gasteiger partial charge on any atom is 0.127 e. The Hall–Kier alpha value is -0.900. The maximum atomic E-state index is 13.9. The summed E-state index contributed by atoms with van der Waals surface area (Å²) in [6.45, 7) is 0. The molecule has 1 aromatic carbocycles. The molecule has 1 unspecified atom stereocenters. The molecule has 0 aliphatic heterocycles. The topological polar surface area (TPSA) is 26.0 Å². The van der Waals surface area contributed by atoms with Crippen molar-refractivity contribution in [1.29, 1.82) is 0 Å². The van der Waals surface area contributed by atoms with E-state index in [9.17, 15) is 4.39 Å².